The minimum absolute atomic E-state index is 0.166. The standard InChI is InChI=1S/C25H23ClFN3OS/c1-16-11-23-25(32-16)29-24(28-23)14-30-9-7-17(8-10-30)18-3-2-4-21(12-18)31-15-19-5-6-20(26)13-22(19)27/h2-7,11-13H,8-10,14-15H2,1H3,(H,28,29). The topological polar surface area (TPSA) is 41.2 Å². The zero-order valence-electron chi connectivity index (χ0n) is 17.7. The fourth-order valence-corrected chi connectivity index (χ4v) is 4.99. The molecule has 1 N–H and O–H groups in total. The zero-order valence-corrected chi connectivity index (χ0v) is 19.3. The summed E-state index contributed by atoms with van der Waals surface area (Å²) >= 11 is 7.55. The lowest BCUT2D eigenvalue weighted by molar-refractivity contribution is 0.287. The molecule has 0 spiro atoms. The Bertz CT molecular complexity index is 1260. The molecule has 3 heterocycles. The highest BCUT2D eigenvalue weighted by atomic mass is 35.5. The fourth-order valence-electron chi connectivity index (χ4n) is 3.97. The van der Waals surface area contributed by atoms with Crippen LogP contribution in [0.2, 0.25) is 5.02 Å². The normalized spacial score (nSPS) is 14.7. The van der Waals surface area contributed by atoms with Gasteiger partial charge < -0.3 is 9.72 Å². The Morgan fingerprint density at radius 3 is 2.91 bits per heavy atom. The highest BCUT2D eigenvalue weighted by molar-refractivity contribution is 7.18. The minimum Gasteiger partial charge on any atom is -0.489 e. The number of benzene rings is 2. The number of hydrogen-bond donors (Lipinski definition) is 1. The SMILES string of the molecule is Cc1cc2[nH]c(CN3CC=C(c4cccc(OCc5ccc(Cl)cc5F)c4)CC3)nc2s1. The number of aromatic nitrogens is 2. The number of nitrogens with one attached hydrogen (secondary N) is 1. The van der Waals surface area contributed by atoms with Crippen LogP contribution in [0.15, 0.2) is 54.6 Å². The van der Waals surface area contributed by atoms with Gasteiger partial charge in [-0.25, -0.2) is 9.37 Å². The van der Waals surface area contributed by atoms with Gasteiger partial charge >= 0.3 is 0 Å². The molecular weight excluding hydrogens is 445 g/mol. The van der Waals surface area contributed by atoms with Gasteiger partial charge in [-0.2, -0.15) is 0 Å². The molecule has 0 radical (unpaired) electrons. The number of aryl methyl sites for hydroxylation is 1. The summed E-state index contributed by atoms with van der Waals surface area (Å²) in [4.78, 5) is 12.9. The van der Waals surface area contributed by atoms with Crippen LogP contribution in [-0.2, 0) is 13.2 Å². The summed E-state index contributed by atoms with van der Waals surface area (Å²) in [5.74, 6) is 1.40. The Balaban J connectivity index is 1.21. The van der Waals surface area contributed by atoms with Crippen LogP contribution >= 0.6 is 22.9 Å². The number of aromatic amines is 1. The van der Waals surface area contributed by atoms with E-state index >= 15 is 0 Å². The lowest BCUT2D eigenvalue weighted by Crippen LogP contribution is -2.28. The van der Waals surface area contributed by atoms with Crippen LogP contribution in [-0.4, -0.2) is 28.0 Å². The first-order chi connectivity index (χ1) is 15.5. The van der Waals surface area contributed by atoms with Crippen LogP contribution in [0.4, 0.5) is 4.39 Å². The van der Waals surface area contributed by atoms with Crippen molar-refractivity contribution in [1.29, 1.82) is 0 Å². The number of H-pyrrole nitrogens is 1. The van der Waals surface area contributed by atoms with Crippen LogP contribution < -0.4 is 4.74 Å². The van der Waals surface area contributed by atoms with Gasteiger partial charge in [-0.15, -0.1) is 11.3 Å². The van der Waals surface area contributed by atoms with Crippen molar-refractivity contribution in [2.75, 3.05) is 13.1 Å². The average Bonchev–Trinajstić information content (AvgIpc) is 3.30. The van der Waals surface area contributed by atoms with E-state index in [-0.39, 0.29) is 12.4 Å². The third-order valence-electron chi connectivity index (χ3n) is 5.63. The third kappa shape index (κ3) is 4.72. The van der Waals surface area contributed by atoms with Crippen molar-refractivity contribution >= 4 is 38.9 Å². The maximum Gasteiger partial charge on any atom is 0.142 e. The maximum atomic E-state index is 14.0. The van der Waals surface area contributed by atoms with Crippen molar-refractivity contribution < 1.29 is 9.13 Å². The molecule has 164 valence electrons. The molecule has 0 aliphatic carbocycles. The second-order valence-electron chi connectivity index (χ2n) is 8.03. The number of rotatable bonds is 6. The molecule has 5 rings (SSSR count). The monoisotopic (exact) mass is 467 g/mol. The van der Waals surface area contributed by atoms with E-state index in [1.165, 1.54) is 16.5 Å². The molecule has 4 aromatic rings. The molecule has 0 saturated carbocycles. The first-order valence-electron chi connectivity index (χ1n) is 10.6. The first kappa shape index (κ1) is 21.2. The first-order valence-corrected chi connectivity index (χ1v) is 11.8. The molecule has 0 atom stereocenters. The molecule has 2 aromatic carbocycles. The van der Waals surface area contributed by atoms with E-state index in [4.69, 9.17) is 21.3 Å². The molecule has 7 heteroatoms. The number of fused-ring (bicyclic) bond motifs is 1. The smallest absolute Gasteiger partial charge is 0.142 e. The van der Waals surface area contributed by atoms with Crippen molar-refractivity contribution in [3.8, 4) is 5.75 Å². The Morgan fingerprint density at radius 2 is 2.12 bits per heavy atom. The Morgan fingerprint density at radius 1 is 1.22 bits per heavy atom. The molecular formula is C25H23ClFN3OS. The van der Waals surface area contributed by atoms with E-state index in [2.05, 4.69) is 35.0 Å². The zero-order chi connectivity index (χ0) is 22.1. The summed E-state index contributed by atoms with van der Waals surface area (Å²) in [5, 5.41) is 0.383. The third-order valence-corrected chi connectivity index (χ3v) is 6.81. The Labute approximate surface area is 195 Å². The van der Waals surface area contributed by atoms with Crippen molar-refractivity contribution in [2.45, 2.75) is 26.5 Å². The summed E-state index contributed by atoms with van der Waals surface area (Å²) in [6.07, 6.45) is 3.24. The molecule has 4 nitrogen and oxygen atoms in total. The van der Waals surface area contributed by atoms with Crippen molar-refractivity contribution in [3.63, 3.8) is 0 Å². The number of imidazole rings is 1. The van der Waals surface area contributed by atoms with Gasteiger partial charge in [0, 0.05) is 28.6 Å². The Hall–Kier alpha value is -2.67. The summed E-state index contributed by atoms with van der Waals surface area (Å²) in [5.41, 5.74) is 4.07. The summed E-state index contributed by atoms with van der Waals surface area (Å²) in [7, 11) is 0. The van der Waals surface area contributed by atoms with Gasteiger partial charge in [-0.1, -0.05) is 35.9 Å². The van der Waals surface area contributed by atoms with Crippen molar-refractivity contribution in [3.05, 3.63) is 87.3 Å². The largest absolute Gasteiger partial charge is 0.489 e. The lowest BCUT2D eigenvalue weighted by Gasteiger charge is -2.25. The second-order valence-corrected chi connectivity index (χ2v) is 9.70. The van der Waals surface area contributed by atoms with Crippen LogP contribution in [0.5, 0.6) is 5.75 Å². The number of ether oxygens (including phenoxy) is 1. The van der Waals surface area contributed by atoms with E-state index in [1.807, 2.05) is 18.2 Å². The molecule has 0 fully saturated rings. The van der Waals surface area contributed by atoms with Gasteiger partial charge in [-0.05, 0) is 54.8 Å². The lowest BCUT2D eigenvalue weighted by atomic mass is 9.99. The summed E-state index contributed by atoms with van der Waals surface area (Å²) in [6, 6.07) is 14.8. The summed E-state index contributed by atoms with van der Waals surface area (Å²) in [6.45, 7) is 4.94. The van der Waals surface area contributed by atoms with E-state index < -0.39 is 0 Å². The van der Waals surface area contributed by atoms with Gasteiger partial charge in [-0.3, -0.25) is 4.90 Å². The van der Waals surface area contributed by atoms with Crippen LogP contribution in [0.3, 0.4) is 0 Å². The van der Waals surface area contributed by atoms with Crippen molar-refractivity contribution in [1.82, 2.24) is 14.9 Å². The molecule has 32 heavy (non-hydrogen) atoms. The average molecular weight is 468 g/mol. The molecule has 1 aliphatic rings. The van der Waals surface area contributed by atoms with Crippen LogP contribution in [0, 0.1) is 12.7 Å². The van der Waals surface area contributed by atoms with Gasteiger partial charge in [0.25, 0.3) is 0 Å². The van der Waals surface area contributed by atoms with Gasteiger partial charge in [0.2, 0.25) is 0 Å². The van der Waals surface area contributed by atoms with Gasteiger partial charge in [0.15, 0.2) is 0 Å². The van der Waals surface area contributed by atoms with Gasteiger partial charge in [0.1, 0.15) is 28.8 Å². The Kier molecular flexibility index (Phi) is 6.00. The molecule has 1 aliphatic heterocycles. The highest BCUT2D eigenvalue weighted by Gasteiger charge is 2.16. The van der Waals surface area contributed by atoms with E-state index in [0.29, 0.717) is 10.6 Å². The number of nitrogens with zero attached hydrogens (tertiary/aromatic N) is 2. The molecule has 2 aromatic heterocycles. The predicted octanol–water partition coefficient (Wildman–Crippen LogP) is 6.59. The van der Waals surface area contributed by atoms with E-state index in [9.17, 15) is 4.39 Å². The van der Waals surface area contributed by atoms with Crippen molar-refractivity contribution in [2.24, 2.45) is 0 Å². The number of hydrogen-bond acceptors (Lipinski definition) is 4. The number of thiophene rings is 1. The minimum atomic E-state index is -0.352. The predicted molar refractivity (Wildman–Crippen MR) is 129 cm³/mol. The quantitative estimate of drug-likeness (QED) is 0.347. The number of halogens is 2. The molecule has 0 unspecified atom stereocenters. The van der Waals surface area contributed by atoms with E-state index in [0.717, 1.165) is 53.5 Å². The van der Waals surface area contributed by atoms with Crippen LogP contribution in [0.1, 0.15) is 28.2 Å². The maximum absolute atomic E-state index is 14.0. The molecule has 0 saturated heterocycles. The highest BCUT2D eigenvalue weighted by Crippen LogP contribution is 2.28. The second kappa shape index (κ2) is 9.06. The molecule has 0 amide bonds. The van der Waals surface area contributed by atoms with Gasteiger partial charge in [0.05, 0.1) is 12.1 Å². The van der Waals surface area contributed by atoms with E-state index in [1.54, 1.807) is 23.5 Å². The molecule has 0 bridgehead atoms. The van der Waals surface area contributed by atoms with Crippen LogP contribution in [0.25, 0.3) is 15.9 Å². The summed E-state index contributed by atoms with van der Waals surface area (Å²) < 4.78 is 19.8. The fraction of sp³-hybridized carbons (Fsp3) is 0.240.